The summed E-state index contributed by atoms with van der Waals surface area (Å²) in [5, 5.41) is 9.63. The lowest BCUT2D eigenvalue weighted by molar-refractivity contribution is 0.00306. The number of hydrogen-bond acceptors (Lipinski definition) is 4. The van der Waals surface area contributed by atoms with Crippen molar-refractivity contribution in [2.75, 3.05) is 19.6 Å². The maximum Gasteiger partial charge on any atom is 0.410 e. The Labute approximate surface area is 154 Å². The van der Waals surface area contributed by atoms with Crippen molar-refractivity contribution in [1.29, 1.82) is 0 Å². The number of nitrogens with zero attached hydrogens (tertiary/aromatic N) is 2. The van der Waals surface area contributed by atoms with Gasteiger partial charge in [0.25, 0.3) is 5.91 Å². The maximum absolute atomic E-state index is 12.7. The van der Waals surface area contributed by atoms with E-state index in [1.807, 2.05) is 9.80 Å². The van der Waals surface area contributed by atoms with Crippen LogP contribution in [0, 0.1) is 6.92 Å². The second-order valence-electron chi connectivity index (χ2n) is 7.61. The van der Waals surface area contributed by atoms with Gasteiger partial charge in [0.1, 0.15) is 11.4 Å². The predicted octanol–water partition coefficient (Wildman–Crippen LogP) is 3.32. The first-order valence-corrected chi connectivity index (χ1v) is 9.44. The minimum Gasteiger partial charge on any atom is -0.508 e. The van der Waals surface area contributed by atoms with E-state index in [0.717, 1.165) is 12.8 Å². The lowest BCUT2D eigenvalue weighted by atomic mass is 9.90. The smallest absolute Gasteiger partial charge is 0.410 e. The summed E-state index contributed by atoms with van der Waals surface area (Å²) in [4.78, 5) is 28.6. The molecule has 3 rings (SSSR count). The number of carbonyl (C=O) groups is 2. The van der Waals surface area contributed by atoms with Crippen molar-refractivity contribution in [1.82, 2.24) is 9.80 Å². The topological polar surface area (TPSA) is 70.1 Å². The number of phenols is 1. The summed E-state index contributed by atoms with van der Waals surface area (Å²) in [6, 6.07) is 5.11. The number of phenolic OH excluding ortho intramolecular Hbond substituents is 1. The SMILES string of the molecule is CCC[C@H](C)N1CC2(CCN(C(=O)c3ccc(O)c(C)c3)CC2)OC1=O. The summed E-state index contributed by atoms with van der Waals surface area (Å²) in [6.45, 7) is 7.72. The summed E-state index contributed by atoms with van der Waals surface area (Å²) in [5.41, 5.74) is 0.813. The molecule has 1 aromatic rings. The third-order valence-corrected chi connectivity index (χ3v) is 5.64. The van der Waals surface area contributed by atoms with Crippen LogP contribution in [-0.2, 0) is 4.74 Å². The molecule has 2 aliphatic heterocycles. The van der Waals surface area contributed by atoms with Gasteiger partial charge < -0.3 is 19.6 Å². The van der Waals surface area contributed by atoms with E-state index in [9.17, 15) is 14.7 Å². The lowest BCUT2D eigenvalue weighted by Gasteiger charge is -2.37. The highest BCUT2D eigenvalue weighted by Crippen LogP contribution is 2.35. The van der Waals surface area contributed by atoms with Crippen LogP contribution in [0.4, 0.5) is 4.79 Å². The molecule has 142 valence electrons. The van der Waals surface area contributed by atoms with Gasteiger partial charge in [0.2, 0.25) is 0 Å². The van der Waals surface area contributed by atoms with Crippen molar-refractivity contribution >= 4 is 12.0 Å². The van der Waals surface area contributed by atoms with Gasteiger partial charge in [-0.1, -0.05) is 13.3 Å². The van der Waals surface area contributed by atoms with Crippen LogP contribution in [0.25, 0.3) is 0 Å². The van der Waals surface area contributed by atoms with E-state index in [1.165, 1.54) is 0 Å². The van der Waals surface area contributed by atoms with E-state index >= 15 is 0 Å². The van der Waals surface area contributed by atoms with Crippen LogP contribution < -0.4 is 0 Å². The van der Waals surface area contributed by atoms with Gasteiger partial charge in [-0.3, -0.25) is 4.79 Å². The molecule has 2 saturated heterocycles. The number of piperidine rings is 1. The predicted molar refractivity (Wildman–Crippen MR) is 98.3 cm³/mol. The summed E-state index contributed by atoms with van der Waals surface area (Å²) in [6.07, 6.45) is 3.11. The second kappa shape index (κ2) is 7.17. The Morgan fingerprint density at radius 3 is 2.65 bits per heavy atom. The van der Waals surface area contributed by atoms with Gasteiger partial charge in [-0.15, -0.1) is 0 Å². The van der Waals surface area contributed by atoms with Crippen LogP contribution in [0.3, 0.4) is 0 Å². The van der Waals surface area contributed by atoms with Gasteiger partial charge in [-0.05, 0) is 44.0 Å². The average molecular weight is 360 g/mol. The molecule has 2 heterocycles. The van der Waals surface area contributed by atoms with Crippen LogP contribution in [0.2, 0.25) is 0 Å². The molecule has 2 aliphatic rings. The zero-order chi connectivity index (χ0) is 18.9. The molecular formula is C20H28N2O4. The van der Waals surface area contributed by atoms with E-state index in [1.54, 1.807) is 25.1 Å². The molecule has 0 aromatic heterocycles. The van der Waals surface area contributed by atoms with Crippen LogP contribution in [0.5, 0.6) is 5.75 Å². The third-order valence-electron chi connectivity index (χ3n) is 5.64. The fourth-order valence-electron chi connectivity index (χ4n) is 3.91. The molecule has 6 heteroatoms. The molecule has 2 fully saturated rings. The summed E-state index contributed by atoms with van der Waals surface area (Å²) in [7, 11) is 0. The first kappa shape index (κ1) is 18.5. The highest BCUT2D eigenvalue weighted by atomic mass is 16.6. The number of rotatable bonds is 4. The van der Waals surface area contributed by atoms with Gasteiger partial charge in [0.15, 0.2) is 0 Å². The summed E-state index contributed by atoms with van der Waals surface area (Å²) >= 11 is 0. The van der Waals surface area contributed by atoms with Gasteiger partial charge in [0.05, 0.1) is 6.54 Å². The van der Waals surface area contributed by atoms with Gasteiger partial charge >= 0.3 is 6.09 Å². The van der Waals surface area contributed by atoms with Crippen molar-refractivity contribution in [2.24, 2.45) is 0 Å². The fraction of sp³-hybridized carbons (Fsp3) is 0.600. The zero-order valence-corrected chi connectivity index (χ0v) is 15.8. The molecule has 1 aromatic carbocycles. The average Bonchev–Trinajstić information content (AvgIpc) is 2.94. The van der Waals surface area contributed by atoms with Crippen molar-refractivity contribution in [2.45, 2.75) is 58.1 Å². The number of aryl methyl sites for hydroxylation is 1. The molecule has 0 saturated carbocycles. The quantitative estimate of drug-likeness (QED) is 0.894. The normalized spacial score (nSPS) is 20.3. The molecule has 1 atom stereocenters. The number of aromatic hydroxyl groups is 1. The van der Waals surface area contributed by atoms with Crippen molar-refractivity contribution in [3.63, 3.8) is 0 Å². The van der Waals surface area contributed by atoms with Crippen LogP contribution in [-0.4, -0.2) is 58.2 Å². The molecule has 1 N–H and O–H groups in total. The van der Waals surface area contributed by atoms with Crippen LogP contribution in [0.15, 0.2) is 18.2 Å². The number of amides is 2. The van der Waals surface area contributed by atoms with Crippen molar-refractivity contribution in [3.8, 4) is 5.75 Å². The van der Waals surface area contributed by atoms with E-state index in [2.05, 4.69) is 13.8 Å². The van der Waals surface area contributed by atoms with Crippen molar-refractivity contribution in [3.05, 3.63) is 29.3 Å². The Balaban J connectivity index is 1.63. The molecule has 0 radical (unpaired) electrons. The number of ether oxygens (including phenoxy) is 1. The fourth-order valence-corrected chi connectivity index (χ4v) is 3.91. The number of likely N-dealkylation sites (tertiary alicyclic amines) is 1. The van der Waals surface area contributed by atoms with E-state index in [-0.39, 0.29) is 23.8 Å². The maximum atomic E-state index is 12.7. The third kappa shape index (κ3) is 3.50. The highest BCUT2D eigenvalue weighted by molar-refractivity contribution is 5.94. The number of hydrogen-bond donors (Lipinski definition) is 1. The molecule has 2 amide bonds. The van der Waals surface area contributed by atoms with Gasteiger partial charge in [0, 0.05) is 37.5 Å². The molecule has 1 spiro atoms. The van der Waals surface area contributed by atoms with E-state index in [0.29, 0.717) is 43.6 Å². The van der Waals surface area contributed by atoms with Gasteiger partial charge in [-0.25, -0.2) is 4.79 Å². The molecule has 0 bridgehead atoms. The van der Waals surface area contributed by atoms with Crippen LogP contribution >= 0.6 is 0 Å². The largest absolute Gasteiger partial charge is 0.508 e. The summed E-state index contributed by atoms with van der Waals surface area (Å²) < 4.78 is 5.75. The number of benzene rings is 1. The Kier molecular flexibility index (Phi) is 5.12. The Bertz CT molecular complexity index is 695. The summed E-state index contributed by atoms with van der Waals surface area (Å²) in [5.74, 6) is 0.154. The Hall–Kier alpha value is -2.24. The van der Waals surface area contributed by atoms with Gasteiger partial charge in [-0.2, -0.15) is 0 Å². The van der Waals surface area contributed by atoms with E-state index < -0.39 is 5.60 Å². The van der Waals surface area contributed by atoms with Crippen LogP contribution in [0.1, 0.15) is 55.5 Å². The van der Waals surface area contributed by atoms with Crippen molar-refractivity contribution < 1.29 is 19.4 Å². The molecule has 6 nitrogen and oxygen atoms in total. The minimum absolute atomic E-state index is 0.0384. The first-order valence-electron chi connectivity index (χ1n) is 9.44. The standard InChI is InChI=1S/C20H28N2O4/c1-4-5-15(3)22-13-20(26-19(22)25)8-10-21(11-9-20)18(24)16-6-7-17(23)14(2)12-16/h6-7,12,15,23H,4-5,8-11,13H2,1-3H3/t15-/m0/s1. The second-order valence-corrected chi connectivity index (χ2v) is 7.61. The molecule has 0 unspecified atom stereocenters. The monoisotopic (exact) mass is 360 g/mol. The lowest BCUT2D eigenvalue weighted by Crippen LogP contribution is -2.49. The molecule has 26 heavy (non-hydrogen) atoms. The highest BCUT2D eigenvalue weighted by Gasteiger charge is 2.48. The minimum atomic E-state index is -0.458. The Morgan fingerprint density at radius 1 is 1.35 bits per heavy atom. The Morgan fingerprint density at radius 2 is 2.04 bits per heavy atom. The molecular weight excluding hydrogens is 332 g/mol. The zero-order valence-electron chi connectivity index (χ0n) is 15.8. The number of carbonyl (C=O) groups excluding carboxylic acids is 2. The van der Waals surface area contributed by atoms with E-state index in [4.69, 9.17) is 4.74 Å². The molecule has 0 aliphatic carbocycles. The first-order chi connectivity index (χ1) is 12.3.